The van der Waals surface area contributed by atoms with Crippen molar-refractivity contribution < 1.29 is 0 Å². The molecule has 0 amide bonds. The summed E-state index contributed by atoms with van der Waals surface area (Å²) < 4.78 is 0. The predicted octanol–water partition coefficient (Wildman–Crippen LogP) is 2.42. The van der Waals surface area contributed by atoms with Crippen LogP contribution in [0.15, 0.2) is 30.6 Å². The summed E-state index contributed by atoms with van der Waals surface area (Å²) in [7, 11) is 0. The smallest absolute Gasteiger partial charge is 0.181 e. The Morgan fingerprint density at radius 2 is 2.15 bits per heavy atom. The van der Waals surface area contributed by atoms with E-state index in [9.17, 15) is 0 Å². The SMILES string of the molecule is Cc1nc(-c2cccc(NCc3nc[nH]c3C)c2)n[nH]1. The van der Waals surface area contributed by atoms with E-state index in [4.69, 9.17) is 0 Å². The number of nitrogens with one attached hydrogen (secondary N) is 3. The molecule has 0 aliphatic carbocycles. The fourth-order valence-electron chi connectivity index (χ4n) is 1.99. The largest absolute Gasteiger partial charge is 0.379 e. The minimum absolute atomic E-state index is 0.686. The number of hydrogen-bond donors (Lipinski definition) is 3. The molecule has 0 fully saturated rings. The molecule has 0 saturated heterocycles. The maximum Gasteiger partial charge on any atom is 0.181 e. The number of benzene rings is 1. The van der Waals surface area contributed by atoms with Gasteiger partial charge in [0.2, 0.25) is 0 Å². The third-order valence-corrected chi connectivity index (χ3v) is 3.11. The van der Waals surface area contributed by atoms with Crippen LogP contribution in [0.5, 0.6) is 0 Å². The van der Waals surface area contributed by atoms with Crippen LogP contribution in [0.2, 0.25) is 0 Å². The number of nitrogens with zero attached hydrogens (tertiary/aromatic N) is 3. The van der Waals surface area contributed by atoms with E-state index in [1.165, 1.54) is 0 Å². The van der Waals surface area contributed by atoms with Gasteiger partial charge in [-0.25, -0.2) is 9.97 Å². The highest BCUT2D eigenvalue weighted by molar-refractivity contribution is 5.62. The van der Waals surface area contributed by atoms with Crippen molar-refractivity contribution in [2.24, 2.45) is 0 Å². The first-order chi connectivity index (χ1) is 9.72. The second kappa shape index (κ2) is 5.16. The zero-order chi connectivity index (χ0) is 13.9. The van der Waals surface area contributed by atoms with Crippen molar-refractivity contribution in [2.75, 3.05) is 5.32 Å². The van der Waals surface area contributed by atoms with Crippen molar-refractivity contribution in [2.45, 2.75) is 20.4 Å². The number of anilines is 1. The standard InChI is InChI=1S/C14H16N6/c1-9-13(17-8-16-9)7-15-12-5-3-4-11(6-12)14-18-10(2)19-20-14/h3-6,8,15H,7H2,1-2H3,(H,16,17)(H,18,19,20). The average molecular weight is 268 g/mol. The Balaban J connectivity index is 1.76. The number of aromatic amines is 2. The van der Waals surface area contributed by atoms with Gasteiger partial charge in [0.15, 0.2) is 5.82 Å². The molecule has 2 heterocycles. The van der Waals surface area contributed by atoms with Gasteiger partial charge in [-0.05, 0) is 26.0 Å². The van der Waals surface area contributed by atoms with Gasteiger partial charge in [-0.2, -0.15) is 5.10 Å². The summed E-state index contributed by atoms with van der Waals surface area (Å²) in [6.07, 6.45) is 1.71. The normalized spacial score (nSPS) is 10.7. The molecule has 0 spiro atoms. The second-order valence-corrected chi connectivity index (χ2v) is 4.65. The third-order valence-electron chi connectivity index (χ3n) is 3.11. The van der Waals surface area contributed by atoms with Crippen LogP contribution >= 0.6 is 0 Å². The van der Waals surface area contributed by atoms with E-state index < -0.39 is 0 Å². The van der Waals surface area contributed by atoms with E-state index >= 15 is 0 Å². The maximum absolute atomic E-state index is 4.33. The summed E-state index contributed by atoms with van der Waals surface area (Å²) in [6, 6.07) is 8.03. The molecule has 3 rings (SSSR count). The molecular weight excluding hydrogens is 252 g/mol. The van der Waals surface area contributed by atoms with Crippen LogP contribution in [0.1, 0.15) is 17.2 Å². The van der Waals surface area contributed by atoms with Gasteiger partial charge >= 0.3 is 0 Å². The van der Waals surface area contributed by atoms with Crippen LogP contribution in [0.25, 0.3) is 11.4 Å². The molecule has 0 atom stereocenters. The Labute approximate surface area is 116 Å². The lowest BCUT2D eigenvalue weighted by atomic mass is 10.2. The fourth-order valence-corrected chi connectivity index (χ4v) is 1.99. The number of aryl methyl sites for hydroxylation is 2. The molecule has 3 N–H and O–H groups in total. The molecule has 0 unspecified atom stereocenters. The van der Waals surface area contributed by atoms with Crippen molar-refractivity contribution in [1.29, 1.82) is 0 Å². The van der Waals surface area contributed by atoms with Crippen molar-refractivity contribution in [1.82, 2.24) is 25.1 Å². The summed E-state index contributed by atoms with van der Waals surface area (Å²) in [4.78, 5) is 11.7. The molecule has 2 aromatic heterocycles. The highest BCUT2D eigenvalue weighted by Crippen LogP contribution is 2.19. The van der Waals surface area contributed by atoms with Gasteiger partial charge in [0.1, 0.15) is 5.82 Å². The topological polar surface area (TPSA) is 82.3 Å². The Morgan fingerprint density at radius 3 is 2.85 bits per heavy atom. The molecule has 0 aliphatic heterocycles. The van der Waals surface area contributed by atoms with Crippen LogP contribution in [0, 0.1) is 13.8 Å². The zero-order valence-corrected chi connectivity index (χ0v) is 11.4. The summed E-state index contributed by atoms with van der Waals surface area (Å²) in [5.41, 5.74) is 4.10. The van der Waals surface area contributed by atoms with Gasteiger partial charge in [0.05, 0.1) is 18.6 Å². The van der Waals surface area contributed by atoms with Gasteiger partial charge < -0.3 is 10.3 Å². The van der Waals surface area contributed by atoms with Crippen molar-refractivity contribution in [3.8, 4) is 11.4 Å². The molecule has 0 saturated carbocycles. The predicted molar refractivity (Wildman–Crippen MR) is 77.2 cm³/mol. The van der Waals surface area contributed by atoms with E-state index in [0.717, 1.165) is 28.5 Å². The number of hydrogen-bond acceptors (Lipinski definition) is 4. The molecule has 0 aliphatic rings. The van der Waals surface area contributed by atoms with Crippen molar-refractivity contribution in [3.63, 3.8) is 0 Å². The maximum atomic E-state index is 4.33. The summed E-state index contributed by atoms with van der Waals surface area (Å²) in [5.74, 6) is 1.52. The van der Waals surface area contributed by atoms with Gasteiger partial charge in [0.25, 0.3) is 0 Å². The Morgan fingerprint density at radius 1 is 1.25 bits per heavy atom. The average Bonchev–Trinajstić information content (AvgIpc) is 3.06. The molecule has 6 nitrogen and oxygen atoms in total. The first-order valence-corrected chi connectivity index (χ1v) is 6.44. The van der Waals surface area contributed by atoms with Crippen LogP contribution in [-0.4, -0.2) is 25.1 Å². The summed E-state index contributed by atoms with van der Waals surface area (Å²) in [5, 5.41) is 10.4. The van der Waals surface area contributed by atoms with Crippen molar-refractivity contribution in [3.05, 3.63) is 47.8 Å². The lowest BCUT2D eigenvalue weighted by Crippen LogP contribution is -2.01. The molecule has 0 bridgehead atoms. The van der Waals surface area contributed by atoms with E-state index in [0.29, 0.717) is 12.4 Å². The van der Waals surface area contributed by atoms with Gasteiger partial charge in [-0.15, -0.1) is 0 Å². The number of aromatic nitrogens is 5. The monoisotopic (exact) mass is 268 g/mol. The Kier molecular flexibility index (Phi) is 3.20. The first-order valence-electron chi connectivity index (χ1n) is 6.44. The number of rotatable bonds is 4. The fraction of sp³-hybridized carbons (Fsp3) is 0.214. The zero-order valence-electron chi connectivity index (χ0n) is 11.4. The molecule has 1 aromatic carbocycles. The van der Waals surface area contributed by atoms with Crippen LogP contribution < -0.4 is 5.32 Å². The van der Waals surface area contributed by atoms with Crippen LogP contribution in [0.4, 0.5) is 5.69 Å². The van der Waals surface area contributed by atoms with E-state index in [-0.39, 0.29) is 0 Å². The lowest BCUT2D eigenvalue weighted by Gasteiger charge is -2.06. The minimum Gasteiger partial charge on any atom is -0.379 e. The summed E-state index contributed by atoms with van der Waals surface area (Å²) >= 11 is 0. The molecule has 3 aromatic rings. The highest BCUT2D eigenvalue weighted by atomic mass is 15.2. The quantitative estimate of drug-likeness (QED) is 0.678. The molecule has 6 heteroatoms. The van der Waals surface area contributed by atoms with E-state index in [2.05, 4.69) is 30.5 Å². The molecule has 102 valence electrons. The van der Waals surface area contributed by atoms with Crippen LogP contribution in [0.3, 0.4) is 0 Å². The van der Waals surface area contributed by atoms with Crippen molar-refractivity contribution >= 4 is 5.69 Å². The summed E-state index contributed by atoms with van der Waals surface area (Å²) in [6.45, 7) is 4.58. The third kappa shape index (κ3) is 2.54. The minimum atomic E-state index is 0.686. The molecule has 20 heavy (non-hydrogen) atoms. The van der Waals surface area contributed by atoms with Gasteiger partial charge in [-0.3, -0.25) is 5.10 Å². The van der Waals surface area contributed by atoms with E-state index in [1.54, 1.807) is 6.33 Å². The van der Waals surface area contributed by atoms with Gasteiger partial charge in [0, 0.05) is 16.9 Å². The molecular formula is C14H16N6. The van der Waals surface area contributed by atoms with Crippen LogP contribution in [-0.2, 0) is 6.54 Å². The Bertz CT molecular complexity index is 712. The highest BCUT2D eigenvalue weighted by Gasteiger charge is 2.05. The van der Waals surface area contributed by atoms with Gasteiger partial charge in [-0.1, -0.05) is 12.1 Å². The number of H-pyrrole nitrogens is 2. The number of imidazole rings is 1. The Hall–Kier alpha value is -2.63. The van der Waals surface area contributed by atoms with E-state index in [1.807, 2.05) is 38.1 Å². The molecule has 0 radical (unpaired) electrons. The second-order valence-electron chi connectivity index (χ2n) is 4.65. The first kappa shape index (κ1) is 12.4. The lowest BCUT2D eigenvalue weighted by molar-refractivity contribution is 1.04.